The van der Waals surface area contributed by atoms with Crippen LogP contribution in [0.15, 0.2) is 78.2 Å². The van der Waals surface area contributed by atoms with Crippen LogP contribution in [0.1, 0.15) is 16.1 Å². The van der Waals surface area contributed by atoms with Crippen molar-refractivity contribution in [2.24, 2.45) is 0 Å². The van der Waals surface area contributed by atoms with Crippen LogP contribution in [0, 0.1) is 5.82 Å². The second-order valence-electron chi connectivity index (χ2n) is 6.45. The average Bonchev–Trinajstić information content (AvgIpc) is 3.24. The molecule has 0 saturated heterocycles. The van der Waals surface area contributed by atoms with Crippen LogP contribution in [0.5, 0.6) is 5.75 Å². The van der Waals surface area contributed by atoms with E-state index >= 15 is 0 Å². The van der Waals surface area contributed by atoms with Crippen molar-refractivity contribution in [3.05, 3.63) is 100 Å². The van der Waals surface area contributed by atoms with Gasteiger partial charge in [0.2, 0.25) is 0 Å². The number of thiazole rings is 1. The lowest BCUT2D eigenvalue weighted by molar-refractivity contribution is 0.102. The maximum Gasteiger partial charge on any atom is 0.275 e. The Hall–Kier alpha value is -3.22. The zero-order chi connectivity index (χ0) is 20.9. The van der Waals surface area contributed by atoms with Crippen LogP contribution >= 0.6 is 22.9 Å². The number of aromatic nitrogens is 1. The maximum atomic E-state index is 13.0. The summed E-state index contributed by atoms with van der Waals surface area (Å²) in [4.78, 5) is 16.9. The topological polar surface area (TPSA) is 51.2 Å². The molecule has 0 fully saturated rings. The SMILES string of the molecule is O=C(Nc1cccc(Cl)c1)c1csc(-c2cccc(OCc3ccc(F)cc3)c2)n1. The van der Waals surface area contributed by atoms with E-state index in [1.807, 2.05) is 24.3 Å². The van der Waals surface area contributed by atoms with Gasteiger partial charge in [0.15, 0.2) is 0 Å². The number of amides is 1. The van der Waals surface area contributed by atoms with Gasteiger partial charge in [-0.3, -0.25) is 4.79 Å². The fourth-order valence-electron chi connectivity index (χ4n) is 2.74. The quantitative estimate of drug-likeness (QED) is 0.377. The predicted molar refractivity (Wildman–Crippen MR) is 118 cm³/mol. The van der Waals surface area contributed by atoms with Crippen LogP contribution in [-0.4, -0.2) is 10.9 Å². The normalized spacial score (nSPS) is 10.6. The number of halogens is 2. The van der Waals surface area contributed by atoms with Gasteiger partial charge in [0.25, 0.3) is 5.91 Å². The molecule has 1 heterocycles. The molecule has 1 N–H and O–H groups in total. The summed E-state index contributed by atoms with van der Waals surface area (Å²) in [5.41, 5.74) is 2.65. The van der Waals surface area contributed by atoms with Crippen molar-refractivity contribution >= 4 is 34.5 Å². The Morgan fingerprint density at radius 2 is 1.87 bits per heavy atom. The minimum absolute atomic E-state index is 0.278. The van der Waals surface area contributed by atoms with Crippen molar-refractivity contribution in [2.45, 2.75) is 6.61 Å². The van der Waals surface area contributed by atoms with Crippen molar-refractivity contribution in [3.8, 4) is 16.3 Å². The van der Waals surface area contributed by atoms with Gasteiger partial charge >= 0.3 is 0 Å². The zero-order valence-corrected chi connectivity index (χ0v) is 17.2. The van der Waals surface area contributed by atoms with Crippen LogP contribution in [0.2, 0.25) is 5.02 Å². The second kappa shape index (κ2) is 9.07. The number of carbonyl (C=O) groups excluding carboxylic acids is 1. The minimum atomic E-state index is -0.302. The van der Waals surface area contributed by atoms with Gasteiger partial charge in [-0.2, -0.15) is 0 Å². The van der Waals surface area contributed by atoms with E-state index in [1.165, 1.54) is 23.5 Å². The van der Waals surface area contributed by atoms with Crippen molar-refractivity contribution in [1.29, 1.82) is 0 Å². The Balaban J connectivity index is 1.44. The van der Waals surface area contributed by atoms with E-state index < -0.39 is 0 Å². The van der Waals surface area contributed by atoms with Gasteiger partial charge < -0.3 is 10.1 Å². The van der Waals surface area contributed by atoms with E-state index in [0.717, 1.165) is 11.1 Å². The summed E-state index contributed by atoms with van der Waals surface area (Å²) in [6, 6.07) is 20.6. The van der Waals surface area contributed by atoms with Crippen LogP contribution in [0.25, 0.3) is 10.6 Å². The van der Waals surface area contributed by atoms with Gasteiger partial charge in [0, 0.05) is 21.7 Å². The lowest BCUT2D eigenvalue weighted by atomic mass is 10.2. The summed E-state index contributed by atoms with van der Waals surface area (Å²) in [7, 11) is 0. The number of nitrogens with one attached hydrogen (secondary N) is 1. The molecule has 1 aromatic heterocycles. The first-order chi connectivity index (χ1) is 14.6. The van der Waals surface area contributed by atoms with Gasteiger partial charge in [0.05, 0.1) is 0 Å². The largest absolute Gasteiger partial charge is 0.489 e. The highest BCUT2D eigenvalue weighted by Gasteiger charge is 2.13. The van der Waals surface area contributed by atoms with E-state index in [2.05, 4.69) is 10.3 Å². The number of carbonyl (C=O) groups is 1. The number of hydrogen-bond donors (Lipinski definition) is 1. The van der Waals surface area contributed by atoms with Gasteiger partial charge in [0.1, 0.15) is 28.9 Å². The van der Waals surface area contributed by atoms with Crippen LogP contribution < -0.4 is 10.1 Å². The number of benzene rings is 3. The number of hydrogen-bond acceptors (Lipinski definition) is 4. The monoisotopic (exact) mass is 438 g/mol. The molecule has 0 unspecified atom stereocenters. The van der Waals surface area contributed by atoms with E-state index in [0.29, 0.717) is 33.8 Å². The van der Waals surface area contributed by atoms with Crippen molar-refractivity contribution < 1.29 is 13.9 Å². The number of rotatable bonds is 6. The number of nitrogens with zero attached hydrogens (tertiary/aromatic N) is 1. The molecular formula is C23H16ClFN2O2S. The summed E-state index contributed by atoms with van der Waals surface area (Å²) in [5.74, 6) is 0.0835. The highest BCUT2D eigenvalue weighted by molar-refractivity contribution is 7.13. The molecule has 0 bridgehead atoms. The molecule has 4 aromatic rings. The van der Waals surface area contributed by atoms with Crippen LogP contribution in [-0.2, 0) is 6.61 Å². The van der Waals surface area contributed by atoms with E-state index in [-0.39, 0.29) is 11.7 Å². The molecule has 4 rings (SSSR count). The molecule has 1 amide bonds. The van der Waals surface area contributed by atoms with Crippen molar-refractivity contribution in [2.75, 3.05) is 5.32 Å². The molecular weight excluding hydrogens is 423 g/mol. The van der Waals surface area contributed by atoms with Crippen LogP contribution in [0.3, 0.4) is 0 Å². The third kappa shape index (κ3) is 5.03. The average molecular weight is 439 g/mol. The number of ether oxygens (including phenoxy) is 1. The van der Waals surface area contributed by atoms with Gasteiger partial charge in [-0.05, 0) is 48.0 Å². The summed E-state index contributed by atoms with van der Waals surface area (Å²) >= 11 is 7.33. The summed E-state index contributed by atoms with van der Waals surface area (Å²) in [5, 5.41) is 5.75. The summed E-state index contributed by atoms with van der Waals surface area (Å²) in [6.45, 7) is 0.328. The molecule has 7 heteroatoms. The predicted octanol–water partition coefficient (Wildman–Crippen LogP) is 6.43. The maximum absolute atomic E-state index is 13.0. The van der Waals surface area contributed by atoms with E-state index in [4.69, 9.17) is 16.3 Å². The van der Waals surface area contributed by atoms with Gasteiger partial charge in [-0.25, -0.2) is 9.37 Å². The molecule has 30 heavy (non-hydrogen) atoms. The molecule has 0 aliphatic rings. The first kappa shape index (κ1) is 20.1. The first-order valence-corrected chi connectivity index (χ1v) is 10.3. The smallest absolute Gasteiger partial charge is 0.275 e. The number of anilines is 1. The van der Waals surface area contributed by atoms with Crippen molar-refractivity contribution in [1.82, 2.24) is 4.98 Å². The fraction of sp³-hybridized carbons (Fsp3) is 0.0435. The Labute approximate surface area is 181 Å². The fourth-order valence-corrected chi connectivity index (χ4v) is 3.73. The van der Waals surface area contributed by atoms with Crippen molar-refractivity contribution in [3.63, 3.8) is 0 Å². The molecule has 0 aliphatic heterocycles. The Morgan fingerprint density at radius 3 is 2.67 bits per heavy atom. The molecule has 150 valence electrons. The first-order valence-electron chi connectivity index (χ1n) is 9.07. The van der Waals surface area contributed by atoms with Gasteiger partial charge in [-0.15, -0.1) is 11.3 Å². The van der Waals surface area contributed by atoms with Crippen LogP contribution in [0.4, 0.5) is 10.1 Å². The molecule has 4 nitrogen and oxygen atoms in total. The third-order valence-electron chi connectivity index (χ3n) is 4.22. The third-order valence-corrected chi connectivity index (χ3v) is 5.35. The Bertz CT molecular complexity index is 1180. The summed E-state index contributed by atoms with van der Waals surface area (Å²) in [6.07, 6.45) is 0. The lowest BCUT2D eigenvalue weighted by Crippen LogP contribution is -2.12. The molecule has 0 atom stereocenters. The highest BCUT2D eigenvalue weighted by Crippen LogP contribution is 2.28. The minimum Gasteiger partial charge on any atom is -0.489 e. The molecule has 3 aromatic carbocycles. The van der Waals surface area contributed by atoms with Gasteiger partial charge in [-0.1, -0.05) is 41.9 Å². The van der Waals surface area contributed by atoms with E-state index in [1.54, 1.807) is 41.8 Å². The molecule has 0 aliphatic carbocycles. The zero-order valence-electron chi connectivity index (χ0n) is 15.6. The molecule has 0 saturated carbocycles. The Morgan fingerprint density at radius 1 is 1.07 bits per heavy atom. The highest BCUT2D eigenvalue weighted by atomic mass is 35.5. The standard InChI is InChI=1S/C23H16ClFN2O2S/c24-17-4-2-5-19(12-17)26-22(28)21-14-30-23(27-21)16-3-1-6-20(11-16)29-13-15-7-9-18(25)10-8-15/h1-12,14H,13H2,(H,26,28). The lowest BCUT2D eigenvalue weighted by Gasteiger charge is -2.07. The second-order valence-corrected chi connectivity index (χ2v) is 7.74. The van der Waals surface area contributed by atoms with E-state index in [9.17, 15) is 9.18 Å². The summed E-state index contributed by atoms with van der Waals surface area (Å²) < 4.78 is 18.8. The Kier molecular flexibility index (Phi) is 6.07. The molecule has 0 spiro atoms. The molecule has 0 radical (unpaired) electrons.